The molecule has 3 N–H and O–H groups in total. The summed E-state index contributed by atoms with van der Waals surface area (Å²) in [5.41, 5.74) is 10.0. The fraction of sp³-hybridized carbons (Fsp3) is 0.346. The van der Waals surface area contributed by atoms with Crippen molar-refractivity contribution in [2.45, 2.75) is 45.9 Å². The third-order valence-corrected chi connectivity index (χ3v) is 6.70. The van der Waals surface area contributed by atoms with Crippen molar-refractivity contribution in [2.24, 2.45) is 10.7 Å². The molecule has 0 spiro atoms. The molecule has 37 heavy (non-hydrogen) atoms. The molecule has 0 saturated carbocycles. The van der Waals surface area contributed by atoms with E-state index in [1.165, 1.54) is 6.20 Å². The fourth-order valence-corrected chi connectivity index (χ4v) is 4.57. The van der Waals surface area contributed by atoms with Crippen LogP contribution in [0.1, 0.15) is 42.3 Å². The average molecular weight is 542 g/mol. The highest BCUT2D eigenvalue weighted by molar-refractivity contribution is 6.46. The van der Waals surface area contributed by atoms with E-state index in [1.807, 2.05) is 20.0 Å². The van der Waals surface area contributed by atoms with Crippen LogP contribution in [-0.2, 0) is 13.1 Å². The Labute approximate surface area is 226 Å². The van der Waals surface area contributed by atoms with Gasteiger partial charge < -0.3 is 20.5 Å². The van der Waals surface area contributed by atoms with Gasteiger partial charge in [0.25, 0.3) is 0 Å². The lowest BCUT2D eigenvalue weighted by atomic mass is 10.1. The third-order valence-electron chi connectivity index (χ3n) is 6.07. The average Bonchev–Trinajstić information content (AvgIpc) is 3.33. The van der Waals surface area contributed by atoms with Gasteiger partial charge in [-0.05, 0) is 31.5 Å². The molecule has 0 amide bonds. The maximum absolute atomic E-state index is 10.1. The van der Waals surface area contributed by atoms with Crippen molar-refractivity contribution in [1.29, 1.82) is 0 Å². The first-order chi connectivity index (χ1) is 17.9. The van der Waals surface area contributed by atoms with Gasteiger partial charge >= 0.3 is 0 Å². The lowest BCUT2D eigenvalue weighted by Gasteiger charge is -2.22. The van der Waals surface area contributed by atoms with Gasteiger partial charge in [-0.1, -0.05) is 36.5 Å². The van der Waals surface area contributed by atoms with Gasteiger partial charge in [0.15, 0.2) is 5.82 Å². The first-order valence-corrected chi connectivity index (χ1v) is 12.7. The molecule has 3 aromatic rings. The van der Waals surface area contributed by atoms with E-state index < -0.39 is 6.10 Å². The molecular weight excluding hydrogens is 513 g/mol. The predicted octanol–water partition coefficient (Wildman–Crippen LogP) is 4.41. The fourth-order valence-electron chi connectivity index (χ4n) is 4.19. The summed E-state index contributed by atoms with van der Waals surface area (Å²) in [4.78, 5) is 24.8. The molecule has 1 atom stereocenters. The lowest BCUT2D eigenvalue weighted by molar-refractivity contribution is 0.0994. The van der Waals surface area contributed by atoms with Crippen molar-refractivity contribution < 1.29 is 9.84 Å². The van der Waals surface area contributed by atoms with Crippen LogP contribution >= 0.6 is 23.2 Å². The third kappa shape index (κ3) is 5.84. The number of hydrogen-bond acceptors (Lipinski definition) is 9. The molecule has 3 heterocycles. The van der Waals surface area contributed by atoms with Crippen LogP contribution in [0.2, 0.25) is 5.02 Å². The zero-order valence-corrected chi connectivity index (χ0v) is 22.5. The van der Waals surface area contributed by atoms with Crippen molar-refractivity contribution >= 4 is 34.7 Å². The van der Waals surface area contributed by atoms with Gasteiger partial charge in [0.05, 0.1) is 34.1 Å². The summed E-state index contributed by atoms with van der Waals surface area (Å²) in [6, 6.07) is 5.25. The van der Waals surface area contributed by atoms with Gasteiger partial charge in [-0.2, -0.15) is 0 Å². The summed E-state index contributed by atoms with van der Waals surface area (Å²) in [5, 5.41) is 10.8. The van der Waals surface area contributed by atoms with Crippen molar-refractivity contribution in [1.82, 2.24) is 19.9 Å². The van der Waals surface area contributed by atoms with Gasteiger partial charge in [0.1, 0.15) is 30.2 Å². The molecular formula is C26H29Cl2N7O2. The van der Waals surface area contributed by atoms with Crippen molar-refractivity contribution in [3.63, 3.8) is 0 Å². The van der Waals surface area contributed by atoms with Crippen LogP contribution in [0.25, 0.3) is 11.4 Å². The van der Waals surface area contributed by atoms with Crippen molar-refractivity contribution in [2.75, 3.05) is 18.6 Å². The van der Waals surface area contributed by atoms with Gasteiger partial charge in [0, 0.05) is 42.7 Å². The minimum atomic E-state index is -0.550. The molecule has 4 rings (SSSR count). The Kier molecular flexibility index (Phi) is 8.58. The molecule has 1 aromatic carbocycles. The zero-order chi connectivity index (χ0) is 26.5. The van der Waals surface area contributed by atoms with Crippen molar-refractivity contribution in [3.05, 3.63) is 69.5 Å². The molecule has 11 heteroatoms. The molecule has 1 aliphatic rings. The minimum absolute atomic E-state index is 0.177. The van der Waals surface area contributed by atoms with Gasteiger partial charge in [-0.15, -0.1) is 0 Å². The molecule has 0 radical (unpaired) electrons. The first kappa shape index (κ1) is 26.8. The molecule has 0 fully saturated rings. The number of nitrogens with two attached hydrogens (primary N) is 1. The van der Waals surface area contributed by atoms with Crippen LogP contribution < -0.4 is 15.4 Å². The van der Waals surface area contributed by atoms with E-state index in [0.29, 0.717) is 58.9 Å². The summed E-state index contributed by atoms with van der Waals surface area (Å²) >= 11 is 13.0. The number of anilines is 1. The lowest BCUT2D eigenvalue weighted by Crippen LogP contribution is -2.21. The quantitative estimate of drug-likeness (QED) is 0.381. The minimum Gasteiger partial charge on any atom is -0.491 e. The summed E-state index contributed by atoms with van der Waals surface area (Å²) in [6.07, 6.45) is 5.62. The number of ether oxygens (including phenoxy) is 1. The number of halogens is 2. The predicted molar refractivity (Wildman–Crippen MR) is 146 cm³/mol. The number of aliphatic hydroxyl groups is 1. The van der Waals surface area contributed by atoms with Crippen LogP contribution in [0.4, 0.5) is 5.82 Å². The smallest absolute Gasteiger partial charge is 0.163 e. The summed E-state index contributed by atoms with van der Waals surface area (Å²) in [6.45, 7) is 5.28. The number of nitrogens with zero attached hydrogens (tertiary/aromatic N) is 6. The highest BCUT2D eigenvalue weighted by Gasteiger charge is 2.27. The van der Waals surface area contributed by atoms with E-state index in [9.17, 15) is 5.11 Å². The number of allylic oxidation sites excluding steroid dienone is 1. The van der Waals surface area contributed by atoms with E-state index in [2.05, 4.69) is 19.9 Å². The molecule has 0 aliphatic carbocycles. The molecule has 0 saturated heterocycles. The highest BCUT2D eigenvalue weighted by Crippen LogP contribution is 2.35. The second-order valence-corrected chi connectivity index (χ2v) is 9.49. The number of aliphatic imine (C=N–C) groups is 1. The summed E-state index contributed by atoms with van der Waals surface area (Å²) < 4.78 is 5.83. The van der Waals surface area contributed by atoms with Crippen LogP contribution in [0, 0.1) is 6.92 Å². The van der Waals surface area contributed by atoms with E-state index in [4.69, 9.17) is 43.6 Å². The Morgan fingerprint density at radius 1 is 1.32 bits per heavy atom. The van der Waals surface area contributed by atoms with E-state index in [-0.39, 0.29) is 11.6 Å². The highest BCUT2D eigenvalue weighted by atomic mass is 35.5. The Bertz CT molecular complexity index is 1320. The van der Waals surface area contributed by atoms with Crippen LogP contribution in [0.3, 0.4) is 0 Å². The maximum atomic E-state index is 10.1. The Balaban J connectivity index is 1.81. The standard InChI is InChI=1S/C26H29Cl2N7O2/c1-4-5-17(36)13-37-18-6-7-20(27)19(8-18)25-33-23(24(30-3)21(28)9-29)15(2)26(34-25)35-11-16-10-31-14-32-22(16)12-35/h6-10,14,17,36H,4-5,11-13,29H2,1-3H3/t17-/m1/s1. The monoisotopic (exact) mass is 541 g/mol. The second kappa shape index (κ2) is 11.9. The molecule has 0 bridgehead atoms. The van der Waals surface area contributed by atoms with E-state index >= 15 is 0 Å². The summed E-state index contributed by atoms with van der Waals surface area (Å²) in [5.74, 6) is 1.63. The molecule has 1 aliphatic heterocycles. The largest absolute Gasteiger partial charge is 0.491 e. The van der Waals surface area contributed by atoms with Gasteiger partial charge in [-0.3, -0.25) is 4.99 Å². The van der Waals surface area contributed by atoms with E-state index in [1.54, 1.807) is 31.6 Å². The molecule has 9 nitrogen and oxygen atoms in total. The number of fused-ring (bicyclic) bond motifs is 1. The van der Waals surface area contributed by atoms with E-state index in [0.717, 1.165) is 23.2 Å². The molecule has 0 unspecified atom stereocenters. The molecule has 2 aromatic heterocycles. The Morgan fingerprint density at radius 3 is 2.84 bits per heavy atom. The van der Waals surface area contributed by atoms with Crippen molar-refractivity contribution in [3.8, 4) is 17.1 Å². The zero-order valence-electron chi connectivity index (χ0n) is 20.9. The molecule has 194 valence electrons. The van der Waals surface area contributed by atoms with Gasteiger partial charge in [0.2, 0.25) is 0 Å². The number of rotatable bonds is 9. The number of aliphatic hydroxyl groups excluding tert-OH is 1. The van der Waals surface area contributed by atoms with Gasteiger partial charge in [-0.25, -0.2) is 19.9 Å². The second-order valence-electron chi connectivity index (χ2n) is 8.68. The number of aromatic nitrogens is 4. The van der Waals surface area contributed by atoms with Crippen LogP contribution in [0.15, 0.2) is 46.9 Å². The van der Waals surface area contributed by atoms with Crippen LogP contribution in [0.5, 0.6) is 5.75 Å². The SMILES string of the molecule is CCC[C@@H](O)COc1ccc(Cl)c(-c2nc(C(=NC)C(Cl)=CN)c(C)c(N3Cc4cncnc4C3)n2)c1. The topological polar surface area (TPSA) is 123 Å². The first-order valence-electron chi connectivity index (χ1n) is 11.9. The maximum Gasteiger partial charge on any atom is 0.163 e. The Hall–Kier alpha value is -3.27. The summed E-state index contributed by atoms with van der Waals surface area (Å²) in [7, 11) is 1.63. The normalized spacial score (nSPS) is 14.6. The number of hydrogen-bond donors (Lipinski definition) is 2. The Morgan fingerprint density at radius 2 is 2.14 bits per heavy atom. The van der Waals surface area contributed by atoms with Crippen LogP contribution in [-0.4, -0.2) is 50.5 Å². The number of benzene rings is 1.